The van der Waals surface area contributed by atoms with Gasteiger partial charge in [-0.25, -0.2) is 0 Å². The van der Waals surface area contributed by atoms with Crippen molar-refractivity contribution in [2.45, 2.75) is 71.9 Å². The van der Waals surface area contributed by atoms with E-state index in [1.165, 1.54) is 33.3 Å². The fraction of sp³-hybridized carbons (Fsp3) is 0.433. The van der Waals surface area contributed by atoms with Crippen molar-refractivity contribution in [2.75, 3.05) is 6.54 Å². The zero-order valence-electron chi connectivity index (χ0n) is 21.8. The van der Waals surface area contributed by atoms with Crippen LogP contribution < -0.4 is 0 Å². The number of rotatable bonds is 6. The molecule has 0 spiro atoms. The molecule has 1 aromatic heterocycles. The fourth-order valence-corrected chi connectivity index (χ4v) is 7.13. The van der Waals surface area contributed by atoms with Crippen LogP contribution in [0.2, 0.25) is 25.7 Å². The van der Waals surface area contributed by atoms with E-state index in [0.29, 0.717) is 0 Å². The van der Waals surface area contributed by atoms with Gasteiger partial charge >= 0.3 is 0 Å². The highest BCUT2D eigenvalue weighted by Crippen LogP contribution is 2.42. The van der Waals surface area contributed by atoms with Crippen molar-refractivity contribution >= 4 is 24.9 Å². The van der Waals surface area contributed by atoms with Crippen molar-refractivity contribution in [1.29, 1.82) is 0 Å². The van der Waals surface area contributed by atoms with Crippen LogP contribution in [0.5, 0.6) is 0 Å². The number of nitrogens with zero attached hydrogens (tertiary/aromatic N) is 2. The van der Waals surface area contributed by atoms with Crippen LogP contribution in [0.1, 0.15) is 50.1 Å². The molecule has 4 heteroatoms. The molecule has 0 fully saturated rings. The second-order valence-electron chi connectivity index (χ2n) is 12.2. The van der Waals surface area contributed by atoms with Gasteiger partial charge in [-0.2, -0.15) is 0 Å². The van der Waals surface area contributed by atoms with Gasteiger partial charge in [0.05, 0.1) is 6.04 Å². The van der Waals surface area contributed by atoms with E-state index in [-0.39, 0.29) is 11.9 Å². The van der Waals surface area contributed by atoms with Gasteiger partial charge in [0.2, 0.25) is 5.91 Å². The van der Waals surface area contributed by atoms with Crippen molar-refractivity contribution in [3.05, 3.63) is 83.6 Å². The fourth-order valence-electron chi connectivity index (χ4n) is 5.49. The lowest BCUT2D eigenvalue weighted by molar-refractivity contribution is -0.142. The molecule has 1 aliphatic heterocycles. The van der Waals surface area contributed by atoms with E-state index in [4.69, 9.17) is 0 Å². The SMILES string of the molecule is C=C(CC1c2c(c3ccccc3n2Cc2ccccc2)CCN1C(=O)C(C)(C)C)C[Si](C)(C)C. The highest BCUT2D eigenvalue weighted by atomic mass is 28.3. The van der Waals surface area contributed by atoms with E-state index in [0.717, 1.165) is 32.0 Å². The predicted molar refractivity (Wildman–Crippen MR) is 147 cm³/mol. The van der Waals surface area contributed by atoms with Crippen LogP contribution in [0.15, 0.2) is 66.7 Å². The van der Waals surface area contributed by atoms with Gasteiger partial charge in [-0.3, -0.25) is 4.79 Å². The number of hydrogen-bond acceptors (Lipinski definition) is 1. The van der Waals surface area contributed by atoms with Crippen LogP contribution in [-0.2, 0) is 17.8 Å². The zero-order chi connectivity index (χ0) is 24.7. The summed E-state index contributed by atoms with van der Waals surface area (Å²) >= 11 is 0. The van der Waals surface area contributed by atoms with E-state index in [2.05, 4.69) is 90.3 Å². The summed E-state index contributed by atoms with van der Waals surface area (Å²) in [6.45, 7) is 19.4. The summed E-state index contributed by atoms with van der Waals surface area (Å²) in [4.78, 5) is 15.9. The molecule has 2 aromatic carbocycles. The normalized spacial score (nSPS) is 16.5. The molecule has 2 heterocycles. The quantitative estimate of drug-likeness (QED) is 0.270. The minimum Gasteiger partial charge on any atom is -0.338 e. The largest absolute Gasteiger partial charge is 0.338 e. The number of aromatic nitrogens is 1. The first kappa shape index (κ1) is 24.5. The second-order valence-corrected chi connectivity index (χ2v) is 17.6. The van der Waals surface area contributed by atoms with Gasteiger partial charge < -0.3 is 9.47 Å². The van der Waals surface area contributed by atoms with Gasteiger partial charge in [0.15, 0.2) is 0 Å². The number of carbonyl (C=O) groups is 1. The molecular formula is C30H40N2OSi. The van der Waals surface area contributed by atoms with Gasteiger partial charge in [0.25, 0.3) is 0 Å². The summed E-state index contributed by atoms with van der Waals surface area (Å²) in [6, 6.07) is 20.6. The molecule has 1 unspecified atom stereocenters. The van der Waals surface area contributed by atoms with Gasteiger partial charge in [-0.05, 0) is 36.1 Å². The molecule has 0 aliphatic carbocycles. The van der Waals surface area contributed by atoms with E-state index < -0.39 is 13.5 Å². The lowest BCUT2D eigenvalue weighted by Gasteiger charge is -2.41. The van der Waals surface area contributed by atoms with Crippen LogP contribution in [0.25, 0.3) is 10.9 Å². The minimum atomic E-state index is -1.30. The Balaban J connectivity index is 1.87. The molecule has 180 valence electrons. The molecule has 1 aliphatic rings. The minimum absolute atomic E-state index is 0.0236. The number of fused-ring (bicyclic) bond motifs is 3. The van der Waals surface area contributed by atoms with Crippen molar-refractivity contribution in [2.24, 2.45) is 5.41 Å². The first-order valence-electron chi connectivity index (χ1n) is 12.6. The Morgan fingerprint density at radius 1 is 1.03 bits per heavy atom. The number of para-hydroxylation sites is 1. The number of hydrogen-bond donors (Lipinski definition) is 0. The lowest BCUT2D eigenvalue weighted by Crippen LogP contribution is -2.46. The molecule has 0 N–H and O–H groups in total. The molecule has 0 saturated heterocycles. The Morgan fingerprint density at radius 2 is 1.68 bits per heavy atom. The maximum Gasteiger partial charge on any atom is 0.228 e. The standard InChI is InChI=1S/C30H40N2OSi/c1-22(21-34(5,6)7)19-27-28-25(17-18-31(27)29(33)30(2,3)4)24-15-11-12-16-26(24)32(28)20-23-13-9-8-10-14-23/h8-16,27H,1,17-21H2,2-7H3. The first-order chi connectivity index (χ1) is 16.0. The highest BCUT2D eigenvalue weighted by molar-refractivity contribution is 6.76. The Kier molecular flexibility index (Phi) is 6.65. The maximum atomic E-state index is 13.7. The first-order valence-corrected chi connectivity index (χ1v) is 16.3. The van der Waals surface area contributed by atoms with Gasteiger partial charge in [0, 0.05) is 43.2 Å². The summed E-state index contributed by atoms with van der Waals surface area (Å²) in [5.41, 5.74) is 6.14. The van der Waals surface area contributed by atoms with Crippen molar-refractivity contribution in [1.82, 2.24) is 9.47 Å². The van der Waals surface area contributed by atoms with E-state index in [9.17, 15) is 4.79 Å². The van der Waals surface area contributed by atoms with Gasteiger partial charge in [0.1, 0.15) is 0 Å². The van der Waals surface area contributed by atoms with Crippen LogP contribution in [0, 0.1) is 5.41 Å². The molecule has 0 saturated carbocycles. The van der Waals surface area contributed by atoms with E-state index in [1.807, 2.05) is 20.8 Å². The summed E-state index contributed by atoms with van der Waals surface area (Å²) in [5.74, 6) is 0.237. The number of benzene rings is 2. The Labute approximate surface area is 206 Å². The lowest BCUT2D eigenvalue weighted by atomic mass is 9.88. The Morgan fingerprint density at radius 3 is 2.32 bits per heavy atom. The predicted octanol–water partition coefficient (Wildman–Crippen LogP) is 7.45. The summed E-state index contributed by atoms with van der Waals surface area (Å²) in [6.07, 6.45) is 1.74. The van der Waals surface area contributed by atoms with Crippen LogP contribution in [0.3, 0.4) is 0 Å². The third-order valence-electron chi connectivity index (χ3n) is 6.76. The molecular weight excluding hydrogens is 432 g/mol. The Hall–Kier alpha value is -2.59. The average molecular weight is 473 g/mol. The monoisotopic (exact) mass is 472 g/mol. The molecule has 1 amide bonds. The summed E-state index contributed by atoms with van der Waals surface area (Å²) < 4.78 is 2.48. The van der Waals surface area contributed by atoms with Crippen LogP contribution in [0.4, 0.5) is 0 Å². The van der Waals surface area contributed by atoms with Gasteiger partial charge in [-0.1, -0.05) is 94.5 Å². The van der Waals surface area contributed by atoms with Crippen molar-refractivity contribution in [3.63, 3.8) is 0 Å². The number of amides is 1. The van der Waals surface area contributed by atoms with Crippen LogP contribution >= 0.6 is 0 Å². The highest BCUT2D eigenvalue weighted by Gasteiger charge is 2.39. The molecule has 3 aromatic rings. The summed E-state index contributed by atoms with van der Waals surface area (Å²) in [5, 5.41) is 1.33. The topological polar surface area (TPSA) is 25.2 Å². The molecule has 0 radical (unpaired) electrons. The zero-order valence-corrected chi connectivity index (χ0v) is 22.8. The molecule has 4 rings (SSSR count). The molecule has 3 nitrogen and oxygen atoms in total. The maximum absolute atomic E-state index is 13.7. The Bertz CT molecular complexity index is 1190. The van der Waals surface area contributed by atoms with Crippen molar-refractivity contribution < 1.29 is 4.79 Å². The van der Waals surface area contributed by atoms with Gasteiger partial charge in [-0.15, -0.1) is 6.58 Å². The van der Waals surface area contributed by atoms with E-state index >= 15 is 0 Å². The molecule has 34 heavy (non-hydrogen) atoms. The summed E-state index contributed by atoms with van der Waals surface area (Å²) in [7, 11) is -1.30. The average Bonchev–Trinajstić information content (AvgIpc) is 3.06. The van der Waals surface area contributed by atoms with Crippen molar-refractivity contribution in [3.8, 4) is 0 Å². The van der Waals surface area contributed by atoms with E-state index in [1.54, 1.807) is 0 Å². The van der Waals surface area contributed by atoms with Crippen LogP contribution in [-0.4, -0.2) is 30.0 Å². The third-order valence-corrected chi connectivity index (χ3v) is 8.32. The molecule has 1 atom stereocenters. The third kappa shape index (κ3) is 5.07. The molecule has 0 bridgehead atoms. The number of carbonyl (C=O) groups excluding carboxylic acids is 1. The smallest absolute Gasteiger partial charge is 0.228 e. The second kappa shape index (κ2) is 9.22.